The third-order valence-corrected chi connectivity index (χ3v) is 7.27. The molecule has 3 aromatic rings. The second kappa shape index (κ2) is 9.11. The average molecular weight is 440 g/mol. The number of nitrogens with one attached hydrogen (secondary N) is 2. The molecular weight excluding hydrogens is 418 g/mol. The molecule has 1 heterocycles. The standard InChI is InChI=1S/C22H21N3O3S2/c1-3-30(24,27)18-7-4-15(5-8-18)11-21(26)25-22-12-17(14-29-22)19-10-16(13-23)6-9-20(19)28-2/h4-10,12,14,24H,3,11H2,1-2H3,(H,25,26). The summed E-state index contributed by atoms with van der Waals surface area (Å²) < 4.78 is 25.3. The van der Waals surface area contributed by atoms with Crippen molar-refractivity contribution in [3.63, 3.8) is 0 Å². The van der Waals surface area contributed by atoms with Gasteiger partial charge in [-0.05, 0) is 47.5 Å². The molecule has 8 heteroatoms. The van der Waals surface area contributed by atoms with E-state index < -0.39 is 9.73 Å². The molecule has 0 spiro atoms. The van der Waals surface area contributed by atoms with Crippen LogP contribution in [0.1, 0.15) is 18.1 Å². The molecule has 154 valence electrons. The summed E-state index contributed by atoms with van der Waals surface area (Å²) in [5.74, 6) is 0.745. The zero-order valence-corrected chi connectivity index (χ0v) is 18.2. The van der Waals surface area contributed by atoms with Crippen LogP contribution in [0, 0.1) is 16.1 Å². The minimum atomic E-state index is -2.76. The molecule has 0 fully saturated rings. The summed E-state index contributed by atoms with van der Waals surface area (Å²) in [4.78, 5) is 12.9. The van der Waals surface area contributed by atoms with Gasteiger partial charge in [-0.2, -0.15) is 5.26 Å². The summed E-state index contributed by atoms with van der Waals surface area (Å²) in [6.45, 7) is 1.72. The third-order valence-electron chi connectivity index (χ3n) is 4.58. The number of carbonyl (C=O) groups is 1. The summed E-state index contributed by atoms with van der Waals surface area (Å²) in [5.41, 5.74) is 2.96. The first-order valence-corrected chi connectivity index (χ1v) is 11.8. The van der Waals surface area contributed by atoms with Gasteiger partial charge < -0.3 is 10.1 Å². The molecule has 0 saturated carbocycles. The van der Waals surface area contributed by atoms with Crippen LogP contribution in [0.4, 0.5) is 5.00 Å². The number of nitrogens with zero attached hydrogens (tertiary/aromatic N) is 1. The van der Waals surface area contributed by atoms with E-state index in [0.29, 0.717) is 21.2 Å². The lowest BCUT2D eigenvalue weighted by Crippen LogP contribution is -2.13. The molecule has 1 unspecified atom stereocenters. The first kappa shape index (κ1) is 21.6. The minimum absolute atomic E-state index is 0.170. The molecule has 0 aliphatic heterocycles. The molecule has 3 rings (SSSR count). The number of amides is 1. The van der Waals surface area contributed by atoms with Gasteiger partial charge in [0.05, 0.1) is 39.9 Å². The normalized spacial score (nSPS) is 12.6. The summed E-state index contributed by atoms with van der Waals surface area (Å²) in [5, 5.41) is 14.6. The summed E-state index contributed by atoms with van der Waals surface area (Å²) in [7, 11) is -1.18. The van der Waals surface area contributed by atoms with Crippen LogP contribution in [0.2, 0.25) is 0 Å². The Kier molecular flexibility index (Phi) is 6.55. The highest BCUT2D eigenvalue weighted by Gasteiger charge is 2.12. The van der Waals surface area contributed by atoms with E-state index in [-0.39, 0.29) is 18.1 Å². The average Bonchev–Trinajstić information content (AvgIpc) is 3.21. The van der Waals surface area contributed by atoms with Gasteiger partial charge in [-0.15, -0.1) is 11.3 Å². The number of rotatable bonds is 7. The van der Waals surface area contributed by atoms with Crippen LogP contribution in [0.3, 0.4) is 0 Å². The van der Waals surface area contributed by atoms with Crippen molar-refractivity contribution in [3.8, 4) is 22.9 Å². The third kappa shape index (κ3) is 4.87. The van der Waals surface area contributed by atoms with Gasteiger partial charge in [0.1, 0.15) is 5.75 Å². The van der Waals surface area contributed by atoms with Crippen LogP contribution in [-0.2, 0) is 20.9 Å². The Morgan fingerprint density at radius 1 is 1.23 bits per heavy atom. The van der Waals surface area contributed by atoms with Crippen LogP contribution < -0.4 is 10.1 Å². The van der Waals surface area contributed by atoms with Gasteiger partial charge in [0, 0.05) is 21.6 Å². The van der Waals surface area contributed by atoms with Crippen molar-refractivity contribution in [2.75, 3.05) is 18.2 Å². The lowest BCUT2D eigenvalue weighted by molar-refractivity contribution is -0.115. The van der Waals surface area contributed by atoms with Crippen molar-refractivity contribution < 1.29 is 13.7 Å². The van der Waals surface area contributed by atoms with E-state index in [4.69, 9.17) is 14.8 Å². The van der Waals surface area contributed by atoms with Crippen molar-refractivity contribution in [1.29, 1.82) is 10.0 Å². The van der Waals surface area contributed by atoms with Crippen LogP contribution >= 0.6 is 11.3 Å². The summed E-state index contributed by atoms with van der Waals surface area (Å²) in [6, 6.07) is 15.9. The highest BCUT2D eigenvalue weighted by atomic mass is 32.2. The maximum absolute atomic E-state index is 12.4. The SMILES string of the molecule is CCS(=N)(=O)c1ccc(CC(=O)Nc2cc(-c3cc(C#N)ccc3OC)cs2)cc1. The van der Waals surface area contributed by atoms with E-state index in [2.05, 4.69) is 11.4 Å². The number of ether oxygens (including phenoxy) is 1. The Morgan fingerprint density at radius 2 is 1.97 bits per heavy atom. The smallest absolute Gasteiger partial charge is 0.229 e. The quantitative estimate of drug-likeness (QED) is 0.546. The first-order valence-electron chi connectivity index (χ1n) is 9.18. The van der Waals surface area contributed by atoms with Crippen molar-refractivity contribution >= 4 is 32.0 Å². The highest BCUT2D eigenvalue weighted by Crippen LogP contribution is 2.35. The topological polar surface area (TPSA) is 103 Å². The molecule has 0 radical (unpaired) electrons. The molecule has 2 aromatic carbocycles. The van der Waals surface area contributed by atoms with Crippen molar-refractivity contribution in [2.24, 2.45) is 0 Å². The summed E-state index contributed by atoms with van der Waals surface area (Å²) in [6.07, 6.45) is 0.173. The maximum atomic E-state index is 12.4. The molecule has 30 heavy (non-hydrogen) atoms. The number of nitriles is 1. The zero-order chi connectivity index (χ0) is 21.7. The van der Waals surface area contributed by atoms with Crippen molar-refractivity contribution in [3.05, 3.63) is 65.0 Å². The lowest BCUT2D eigenvalue weighted by Gasteiger charge is -2.07. The number of carbonyl (C=O) groups excluding carboxylic acids is 1. The van der Waals surface area contributed by atoms with Crippen molar-refractivity contribution in [1.82, 2.24) is 0 Å². The van der Waals surface area contributed by atoms with Gasteiger partial charge in [-0.1, -0.05) is 19.1 Å². The van der Waals surface area contributed by atoms with Gasteiger partial charge in [-0.3, -0.25) is 4.79 Å². The van der Waals surface area contributed by atoms with E-state index in [1.165, 1.54) is 11.3 Å². The Labute approximate surface area is 180 Å². The van der Waals surface area contributed by atoms with E-state index in [0.717, 1.165) is 16.7 Å². The predicted molar refractivity (Wildman–Crippen MR) is 119 cm³/mol. The van der Waals surface area contributed by atoms with E-state index in [9.17, 15) is 9.00 Å². The van der Waals surface area contributed by atoms with Gasteiger partial charge >= 0.3 is 0 Å². The fourth-order valence-corrected chi connectivity index (χ4v) is 4.63. The fraction of sp³-hybridized carbons (Fsp3) is 0.182. The van der Waals surface area contributed by atoms with Gasteiger partial charge in [0.25, 0.3) is 0 Å². The second-order valence-electron chi connectivity index (χ2n) is 6.56. The lowest BCUT2D eigenvalue weighted by atomic mass is 10.0. The molecule has 6 nitrogen and oxygen atoms in total. The van der Waals surface area contributed by atoms with Gasteiger partial charge in [-0.25, -0.2) is 8.99 Å². The number of thiophene rings is 1. The number of benzene rings is 2. The number of methoxy groups -OCH3 is 1. The molecule has 1 atom stereocenters. The molecule has 0 aliphatic rings. The fourth-order valence-electron chi connectivity index (χ4n) is 2.91. The Morgan fingerprint density at radius 3 is 2.60 bits per heavy atom. The highest BCUT2D eigenvalue weighted by molar-refractivity contribution is 7.92. The summed E-state index contributed by atoms with van der Waals surface area (Å²) >= 11 is 1.39. The van der Waals surface area contributed by atoms with Crippen LogP contribution in [0.25, 0.3) is 11.1 Å². The van der Waals surface area contributed by atoms with Gasteiger partial charge in [0.2, 0.25) is 5.91 Å². The van der Waals surface area contributed by atoms with Crippen LogP contribution in [0.15, 0.2) is 58.8 Å². The largest absolute Gasteiger partial charge is 0.496 e. The number of hydrogen-bond acceptors (Lipinski definition) is 6. The Hall–Kier alpha value is -3.15. The maximum Gasteiger partial charge on any atom is 0.229 e. The monoisotopic (exact) mass is 439 g/mol. The van der Waals surface area contributed by atoms with E-state index >= 15 is 0 Å². The van der Waals surface area contributed by atoms with Gasteiger partial charge in [0.15, 0.2) is 0 Å². The molecular formula is C22H21N3O3S2. The molecule has 0 saturated heterocycles. The minimum Gasteiger partial charge on any atom is -0.496 e. The number of hydrogen-bond donors (Lipinski definition) is 2. The Balaban J connectivity index is 1.71. The van der Waals surface area contributed by atoms with Crippen LogP contribution in [0.5, 0.6) is 5.75 Å². The number of anilines is 1. The van der Waals surface area contributed by atoms with E-state index in [1.807, 2.05) is 11.4 Å². The second-order valence-corrected chi connectivity index (χ2v) is 9.87. The first-order chi connectivity index (χ1) is 14.4. The molecule has 1 aromatic heterocycles. The van der Waals surface area contributed by atoms with Crippen molar-refractivity contribution in [2.45, 2.75) is 18.2 Å². The zero-order valence-electron chi connectivity index (χ0n) is 16.6. The molecule has 0 bridgehead atoms. The van der Waals surface area contributed by atoms with E-state index in [1.54, 1.807) is 56.5 Å². The predicted octanol–water partition coefficient (Wildman–Crippen LogP) is 4.90. The van der Waals surface area contributed by atoms with Crippen LogP contribution in [-0.4, -0.2) is 23.0 Å². The molecule has 1 amide bonds. The molecule has 0 aliphatic carbocycles. The Bertz CT molecular complexity index is 1210. The molecule has 2 N–H and O–H groups in total.